The zero-order chi connectivity index (χ0) is 10.4. The van der Waals surface area contributed by atoms with Crippen molar-refractivity contribution in [3.8, 4) is 0 Å². The highest BCUT2D eigenvalue weighted by molar-refractivity contribution is 7.89. The van der Waals surface area contributed by atoms with Gasteiger partial charge in [0.15, 0.2) is 0 Å². The third-order valence-electron chi connectivity index (χ3n) is 1.59. The fourth-order valence-electron chi connectivity index (χ4n) is 0.905. The highest BCUT2D eigenvalue weighted by Gasteiger charge is 2.01. The average molecular weight is 235 g/mol. The lowest BCUT2D eigenvalue weighted by Gasteiger charge is -2.01. The number of thiophene rings is 1. The smallest absolute Gasteiger partial charge is 0.211 e. The van der Waals surface area contributed by atoms with Crippen LogP contribution < -0.4 is 5.14 Å². The highest BCUT2D eigenvalue weighted by atomic mass is 32.2. The second kappa shape index (κ2) is 5.45. The fourth-order valence-corrected chi connectivity index (χ4v) is 1.95. The van der Waals surface area contributed by atoms with Gasteiger partial charge in [0.2, 0.25) is 10.0 Å². The highest BCUT2D eigenvalue weighted by Crippen LogP contribution is 2.08. The molecule has 2 N–H and O–H groups in total. The minimum absolute atomic E-state index is 0.114. The van der Waals surface area contributed by atoms with Crippen molar-refractivity contribution in [3.63, 3.8) is 0 Å². The van der Waals surface area contributed by atoms with E-state index < -0.39 is 10.0 Å². The molecule has 0 fully saturated rings. The van der Waals surface area contributed by atoms with Gasteiger partial charge in [0.1, 0.15) is 0 Å². The Morgan fingerprint density at radius 1 is 1.43 bits per heavy atom. The molecule has 0 spiro atoms. The van der Waals surface area contributed by atoms with Crippen molar-refractivity contribution in [3.05, 3.63) is 22.4 Å². The minimum Gasteiger partial charge on any atom is -0.380 e. The van der Waals surface area contributed by atoms with Crippen molar-refractivity contribution in [1.82, 2.24) is 0 Å². The van der Waals surface area contributed by atoms with Gasteiger partial charge >= 0.3 is 0 Å². The van der Waals surface area contributed by atoms with Crippen LogP contribution in [0.4, 0.5) is 0 Å². The Kier molecular flexibility index (Phi) is 4.53. The van der Waals surface area contributed by atoms with E-state index in [1.54, 1.807) is 11.3 Å². The summed E-state index contributed by atoms with van der Waals surface area (Å²) in [6, 6.07) is 4.00. The molecule has 4 nitrogen and oxygen atoms in total. The van der Waals surface area contributed by atoms with Crippen LogP contribution in [0.25, 0.3) is 0 Å². The van der Waals surface area contributed by atoms with Crippen LogP contribution in [0.15, 0.2) is 17.5 Å². The van der Waals surface area contributed by atoms with Gasteiger partial charge in [0.25, 0.3) is 0 Å². The Balaban J connectivity index is 2.06. The number of primary sulfonamides is 1. The summed E-state index contributed by atoms with van der Waals surface area (Å²) in [6.45, 7) is 0.709. The average Bonchev–Trinajstić information content (AvgIpc) is 2.54. The van der Waals surface area contributed by atoms with Crippen molar-refractivity contribution in [1.29, 1.82) is 0 Å². The van der Waals surface area contributed by atoms with Gasteiger partial charge in [-0.05, 0) is 11.4 Å². The Labute approximate surface area is 87.7 Å². The Morgan fingerprint density at radius 2 is 2.21 bits per heavy atom. The third-order valence-corrected chi connectivity index (χ3v) is 3.26. The quantitative estimate of drug-likeness (QED) is 0.734. The van der Waals surface area contributed by atoms with E-state index in [2.05, 4.69) is 0 Å². The van der Waals surface area contributed by atoms with E-state index in [1.165, 1.54) is 4.88 Å². The minimum atomic E-state index is -3.38. The van der Waals surface area contributed by atoms with Crippen molar-refractivity contribution < 1.29 is 13.2 Å². The molecule has 1 aromatic heterocycles. The van der Waals surface area contributed by atoms with E-state index in [9.17, 15) is 8.42 Å². The van der Waals surface area contributed by atoms with Crippen molar-refractivity contribution in [2.45, 2.75) is 6.42 Å². The Hall–Kier alpha value is -0.430. The van der Waals surface area contributed by atoms with Crippen LogP contribution in [0.1, 0.15) is 4.88 Å². The molecule has 0 unspecified atom stereocenters. The lowest BCUT2D eigenvalue weighted by molar-refractivity contribution is 0.153. The molecule has 14 heavy (non-hydrogen) atoms. The monoisotopic (exact) mass is 235 g/mol. The van der Waals surface area contributed by atoms with Crippen molar-refractivity contribution >= 4 is 21.4 Å². The fraction of sp³-hybridized carbons (Fsp3) is 0.500. The van der Waals surface area contributed by atoms with E-state index in [0.717, 1.165) is 6.42 Å². The van der Waals surface area contributed by atoms with Gasteiger partial charge in [0.05, 0.1) is 19.0 Å². The predicted octanol–water partition coefficient (Wildman–Crippen LogP) is 0.596. The maximum atomic E-state index is 10.5. The van der Waals surface area contributed by atoms with Gasteiger partial charge in [-0.2, -0.15) is 0 Å². The van der Waals surface area contributed by atoms with Gasteiger partial charge in [-0.15, -0.1) is 11.3 Å². The normalized spacial score (nSPS) is 11.8. The number of nitrogens with two attached hydrogens (primary N) is 1. The van der Waals surface area contributed by atoms with Crippen molar-refractivity contribution in [2.75, 3.05) is 19.0 Å². The molecule has 0 aliphatic heterocycles. The second-order valence-electron chi connectivity index (χ2n) is 2.81. The molecule has 0 amide bonds. The first kappa shape index (κ1) is 11.6. The number of hydrogen-bond acceptors (Lipinski definition) is 4. The molecule has 0 saturated heterocycles. The van der Waals surface area contributed by atoms with E-state index in [-0.39, 0.29) is 12.4 Å². The molecule has 1 aromatic rings. The number of sulfonamides is 1. The summed E-state index contributed by atoms with van der Waals surface area (Å²) in [4.78, 5) is 1.24. The molecule has 0 aliphatic carbocycles. The predicted molar refractivity (Wildman–Crippen MR) is 56.8 cm³/mol. The molecule has 0 radical (unpaired) electrons. The lowest BCUT2D eigenvalue weighted by Crippen LogP contribution is -2.20. The van der Waals surface area contributed by atoms with E-state index in [1.807, 2.05) is 17.5 Å². The maximum absolute atomic E-state index is 10.5. The van der Waals surface area contributed by atoms with Gasteiger partial charge in [-0.3, -0.25) is 0 Å². The van der Waals surface area contributed by atoms with Gasteiger partial charge in [-0.1, -0.05) is 6.07 Å². The molecule has 0 saturated carbocycles. The zero-order valence-corrected chi connectivity index (χ0v) is 9.31. The number of ether oxygens (including phenoxy) is 1. The summed E-state index contributed by atoms with van der Waals surface area (Å²) in [5.41, 5.74) is 0. The summed E-state index contributed by atoms with van der Waals surface area (Å²) in [7, 11) is -3.38. The summed E-state index contributed by atoms with van der Waals surface area (Å²) >= 11 is 1.66. The molecule has 1 heterocycles. The van der Waals surface area contributed by atoms with Gasteiger partial charge < -0.3 is 4.74 Å². The topological polar surface area (TPSA) is 69.4 Å². The number of hydrogen-bond donors (Lipinski definition) is 1. The van der Waals surface area contributed by atoms with Gasteiger partial charge in [-0.25, -0.2) is 13.6 Å². The standard InChI is InChI=1S/C8H13NO3S2/c9-14(10,11)7-5-12-4-3-8-2-1-6-13-8/h1-2,6H,3-5,7H2,(H2,9,10,11). The molecule has 80 valence electrons. The molecule has 0 aliphatic rings. The molecule has 0 atom stereocenters. The van der Waals surface area contributed by atoms with E-state index in [0.29, 0.717) is 6.61 Å². The first-order valence-corrected chi connectivity index (χ1v) is 6.78. The molecular formula is C8H13NO3S2. The van der Waals surface area contributed by atoms with Crippen molar-refractivity contribution in [2.24, 2.45) is 5.14 Å². The van der Waals surface area contributed by atoms with Gasteiger partial charge in [0, 0.05) is 11.3 Å². The molecule has 1 rings (SSSR count). The third kappa shape index (κ3) is 5.33. The summed E-state index contributed by atoms with van der Waals surface area (Å²) in [6.07, 6.45) is 0.822. The Bertz CT molecular complexity index is 345. The SMILES string of the molecule is NS(=O)(=O)CCOCCc1cccs1. The molecule has 0 bridgehead atoms. The van der Waals surface area contributed by atoms with Crippen LogP contribution in [0.3, 0.4) is 0 Å². The largest absolute Gasteiger partial charge is 0.380 e. The maximum Gasteiger partial charge on any atom is 0.211 e. The van der Waals surface area contributed by atoms with Crippen LogP contribution in [0.5, 0.6) is 0 Å². The zero-order valence-electron chi connectivity index (χ0n) is 7.68. The van der Waals surface area contributed by atoms with Crippen LogP contribution >= 0.6 is 11.3 Å². The summed E-state index contributed by atoms with van der Waals surface area (Å²) in [5.74, 6) is -0.114. The Morgan fingerprint density at radius 3 is 2.79 bits per heavy atom. The molecular weight excluding hydrogens is 222 g/mol. The summed E-state index contributed by atoms with van der Waals surface area (Å²) < 4.78 is 26.2. The van der Waals surface area contributed by atoms with Crippen LogP contribution in [-0.2, 0) is 21.2 Å². The first-order chi connectivity index (χ1) is 6.58. The van der Waals surface area contributed by atoms with Crippen LogP contribution in [-0.4, -0.2) is 27.4 Å². The van der Waals surface area contributed by atoms with E-state index in [4.69, 9.17) is 9.88 Å². The summed E-state index contributed by atoms with van der Waals surface area (Å²) in [5, 5.41) is 6.81. The number of rotatable bonds is 6. The first-order valence-electron chi connectivity index (χ1n) is 4.18. The van der Waals surface area contributed by atoms with Crippen LogP contribution in [0, 0.1) is 0 Å². The van der Waals surface area contributed by atoms with E-state index >= 15 is 0 Å². The lowest BCUT2D eigenvalue weighted by atomic mass is 10.4. The molecule has 0 aromatic carbocycles. The molecule has 6 heteroatoms. The second-order valence-corrected chi connectivity index (χ2v) is 5.57. The van der Waals surface area contributed by atoms with Crippen LogP contribution in [0.2, 0.25) is 0 Å².